The molecule has 30 heavy (non-hydrogen) atoms. The van der Waals surface area contributed by atoms with Crippen LogP contribution in [0.25, 0.3) is 0 Å². The highest BCUT2D eigenvalue weighted by Gasteiger charge is 2.31. The number of amides is 1. The highest BCUT2D eigenvalue weighted by molar-refractivity contribution is 9.10. The molecule has 6 nitrogen and oxygen atoms in total. The van der Waals surface area contributed by atoms with Crippen LogP contribution < -0.4 is 20.7 Å². The number of carbonyl (C=O) groups is 1. The quantitative estimate of drug-likeness (QED) is 0.373. The molecule has 1 heterocycles. The Kier molecular flexibility index (Phi) is 6.63. The Labute approximate surface area is 182 Å². The fourth-order valence-corrected chi connectivity index (χ4v) is 3.01. The highest BCUT2D eigenvalue weighted by atomic mass is 79.9. The van der Waals surface area contributed by atoms with Crippen molar-refractivity contribution in [1.29, 1.82) is 0 Å². The maximum Gasteiger partial charge on any atom is 0.573 e. The second kappa shape index (κ2) is 9.18. The van der Waals surface area contributed by atoms with E-state index in [0.717, 1.165) is 0 Å². The summed E-state index contributed by atoms with van der Waals surface area (Å²) in [6.45, 7) is 0. The number of nitrogens with one attached hydrogen (secondary N) is 3. The van der Waals surface area contributed by atoms with E-state index >= 15 is 0 Å². The van der Waals surface area contributed by atoms with E-state index in [1.54, 1.807) is 36.4 Å². The summed E-state index contributed by atoms with van der Waals surface area (Å²) < 4.78 is 46.0. The topological polar surface area (TPSA) is 75.5 Å². The summed E-state index contributed by atoms with van der Waals surface area (Å²) in [5.74, 6) is -0.541. The molecule has 0 aliphatic carbocycles. The van der Waals surface area contributed by atoms with Crippen molar-refractivity contribution in [2.45, 2.75) is 6.36 Å². The van der Waals surface area contributed by atoms with Crippen LogP contribution in [-0.2, 0) is 0 Å². The summed E-state index contributed by atoms with van der Waals surface area (Å²) in [6.07, 6.45) is -3.37. The molecule has 0 unspecified atom stereocenters. The molecule has 0 saturated carbocycles. The maximum atomic E-state index is 12.3. The summed E-state index contributed by atoms with van der Waals surface area (Å²) in [5.41, 5.74) is 1.65. The molecule has 0 saturated heterocycles. The lowest BCUT2D eigenvalue weighted by molar-refractivity contribution is -0.274. The van der Waals surface area contributed by atoms with Crippen molar-refractivity contribution in [2.24, 2.45) is 0 Å². The van der Waals surface area contributed by atoms with Crippen LogP contribution in [0.2, 0.25) is 0 Å². The third-order valence-corrected chi connectivity index (χ3v) is 4.38. The number of alkyl halides is 3. The SMILES string of the molecule is O=C(Nc1ccc(NC(=S)Nc2ccc(OC(F)(F)F)c(Br)c2)cc1)c1ccco1. The summed E-state index contributed by atoms with van der Waals surface area (Å²) >= 11 is 8.24. The van der Waals surface area contributed by atoms with Gasteiger partial charge in [0.1, 0.15) is 5.75 Å². The molecule has 3 N–H and O–H groups in total. The average Bonchev–Trinajstić information content (AvgIpc) is 3.19. The fraction of sp³-hybridized carbons (Fsp3) is 0.0526. The Morgan fingerprint density at radius 1 is 0.967 bits per heavy atom. The zero-order valence-corrected chi connectivity index (χ0v) is 17.3. The predicted molar refractivity (Wildman–Crippen MR) is 114 cm³/mol. The van der Waals surface area contributed by atoms with Gasteiger partial charge in [-0.25, -0.2) is 0 Å². The summed E-state index contributed by atoms with van der Waals surface area (Å²) in [7, 11) is 0. The van der Waals surface area contributed by atoms with E-state index in [0.29, 0.717) is 17.1 Å². The van der Waals surface area contributed by atoms with Crippen molar-refractivity contribution in [1.82, 2.24) is 0 Å². The van der Waals surface area contributed by atoms with Crippen LogP contribution in [0.15, 0.2) is 69.8 Å². The lowest BCUT2D eigenvalue weighted by Crippen LogP contribution is -2.19. The maximum absolute atomic E-state index is 12.3. The Hall–Kier alpha value is -3.05. The lowest BCUT2D eigenvalue weighted by atomic mass is 10.2. The number of hydrogen-bond donors (Lipinski definition) is 3. The minimum absolute atomic E-state index is 0.115. The molecular formula is C19H13BrF3N3O3S. The summed E-state index contributed by atoms with van der Waals surface area (Å²) in [4.78, 5) is 11.9. The van der Waals surface area contributed by atoms with Crippen molar-refractivity contribution < 1.29 is 27.1 Å². The van der Waals surface area contributed by atoms with Gasteiger partial charge in [0.25, 0.3) is 5.91 Å². The first-order chi connectivity index (χ1) is 14.2. The Morgan fingerprint density at radius 2 is 1.57 bits per heavy atom. The van der Waals surface area contributed by atoms with E-state index in [9.17, 15) is 18.0 Å². The van der Waals surface area contributed by atoms with Gasteiger partial charge in [-0.2, -0.15) is 0 Å². The normalized spacial score (nSPS) is 10.9. The minimum Gasteiger partial charge on any atom is -0.459 e. The van der Waals surface area contributed by atoms with E-state index in [2.05, 4.69) is 36.6 Å². The molecule has 0 aliphatic heterocycles. The van der Waals surface area contributed by atoms with Crippen LogP contribution in [0, 0.1) is 0 Å². The first-order valence-electron chi connectivity index (χ1n) is 8.28. The van der Waals surface area contributed by atoms with Crippen molar-refractivity contribution in [2.75, 3.05) is 16.0 Å². The number of hydrogen-bond acceptors (Lipinski definition) is 4. The van der Waals surface area contributed by atoms with Gasteiger partial charge in [0.15, 0.2) is 10.9 Å². The second-order valence-corrected chi connectivity index (χ2v) is 7.04. The minimum atomic E-state index is -4.78. The molecule has 3 rings (SSSR count). The van der Waals surface area contributed by atoms with E-state index in [1.807, 2.05) is 0 Å². The third kappa shape index (κ3) is 6.22. The van der Waals surface area contributed by atoms with Gasteiger partial charge >= 0.3 is 6.36 Å². The molecule has 0 aliphatic rings. The van der Waals surface area contributed by atoms with Gasteiger partial charge in [-0.05, 0) is 82.7 Å². The van der Waals surface area contributed by atoms with Crippen molar-refractivity contribution in [3.8, 4) is 5.75 Å². The van der Waals surface area contributed by atoms with Gasteiger partial charge in [0.05, 0.1) is 10.7 Å². The van der Waals surface area contributed by atoms with Crippen LogP contribution in [0.5, 0.6) is 5.75 Å². The monoisotopic (exact) mass is 499 g/mol. The van der Waals surface area contributed by atoms with Gasteiger partial charge in [-0.15, -0.1) is 13.2 Å². The zero-order chi connectivity index (χ0) is 21.7. The van der Waals surface area contributed by atoms with Crippen molar-refractivity contribution in [3.05, 3.63) is 71.1 Å². The molecule has 1 aromatic heterocycles. The van der Waals surface area contributed by atoms with Crippen LogP contribution in [0.4, 0.5) is 30.2 Å². The van der Waals surface area contributed by atoms with Gasteiger partial charge in [0, 0.05) is 17.1 Å². The molecular weight excluding hydrogens is 487 g/mol. The van der Waals surface area contributed by atoms with Crippen LogP contribution in [-0.4, -0.2) is 17.4 Å². The van der Waals surface area contributed by atoms with Gasteiger partial charge in [0.2, 0.25) is 0 Å². The highest BCUT2D eigenvalue weighted by Crippen LogP contribution is 2.32. The Morgan fingerprint density at radius 3 is 2.13 bits per heavy atom. The lowest BCUT2D eigenvalue weighted by Gasteiger charge is -2.14. The third-order valence-electron chi connectivity index (χ3n) is 3.56. The van der Waals surface area contributed by atoms with E-state index in [-0.39, 0.29) is 27.0 Å². The Balaban J connectivity index is 1.56. The molecule has 11 heteroatoms. The summed E-state index contributed by atoms with van der Waals surface area (Å²) in [5, 5.41) is 8.70. The first kappa shape index (κ1) is 21.7. The predicted octanol–water partition coefficient (Wildman–Crippen LogP) is 6.00. The average molecular weight is 500 g/mol. The smallest absolute Gasteiger partial charge is 0.459 e. The number of ether oxygens (including phenoxy) is 1. The molecule has 0 atom stereocenters. The Bertz CT molecular complexity index is 1040. The standard InChI is InChI=1S/C19H13BrF3N3O3S/c20-14-10-13(7-8-15(14)29-19(21,22)23)26-18(30)25-12-5-3-11(4-6-12)24-17(27)16-2-1-9-28-16/h1-10H,(H,24,27)(H2,25,26,30). The van der Waals surface area contributed by atoms with E-state index in [4.69, 9.17) is 16.6 Å². The second-order valence-electron chi connectivity index (χ2n) is 5.78. The number of anilines is 3. The van der Waals surface area contributed by atoms with Crippen molar-refractivity contribution >= 4 is 56.2 Å². The number of carbonyl (C=O) groups excluding carboxylic acids is 1. The zero-order valence-electron chi connectivity index (χ0n) is 14.9. The fourth-order valence-electron chi connectivity index (χ4n) is 2.32. The van der Waals surface area contributed by atoms with Gasteiger partial charge in [-0.3, -0.25) is 4.79 Å². The number of halogens is 4. The van der Waals surface area contributed by atoms with Crippen LogP contribution in [0.3, 0.4) is 0 Å². The van der Waals surface area contributed by atoms with E-state index < -0.39 is 6.36 Å². The molecule has 0 fully saturated rings. The van der Waals surface area contributed by atoms with E-state index in [1.165, 1.54) is 24.5 Å². The van der Waals surface area contributed by atoms with Crippen LogP contribution in [0.1, 0.15) is 10.6 Å². The number of benzene rings is 2. The van der Waals surface area contributed by atoms with Gasteiger partial charge < -0.3 is 25.1 Å². The molecule has 1 amide bonds. The molecule has 2 aromatic carbocycles. The first-order valence-corrected chi connectivity index (χ1v) is 9.48. The number of furan rings is 1. The summed E-state index contributed by atoms with van der Waals surface area (Å²) in [6, 6.07) is 13.9. The molecule has 3 aromatic rings. The molecule has 156 valence electrons. The van der Waals surface area contributed by atoms with Crippen LogP contribution >= 0.6 is 28.1 Å². The molecule has 0 radical (unpaired) electrons. The van der Waals surface area contributed by atoms with Crippen molar-refractivity contribution in [3.63, 3.8) is 0 Å². The molecule has 0 spiro atoms. The largest absolute Gasteiger partial charge is 0.573 e. The molecule has 0 bridgehead atoms. The number of rotatable bonds is 5. The number of thiocarbonyl (C=S) groups is 1. The van der Waals surface area contributed by atoms with Gasteiger partial charge in [-0.1, -0.05) is 0 Å².